The van der Waals surface area contributed by atoms with Crippen LogP contribution in [0.3, 0.4) is 0 Å². The lowest BCUT2D eigenvalue weighted by Crippen LogP contribution is -1.57. The maximum Gasteiger partial charge on any atom is 0.0402 e. The van der Waals surface area contributed by atoms with Crippen LogP contribution < -0.4 is 0 Å². The maximum atomic E-state index is 7.57. The van der Waals surface area contributed by atoms with Crippen LogP contribution in [0.4, 0.5) is 0 Å². The van der Waals surface area contributed by atoms with Gasteiger partial charge in [-0.3, -0.25) is 0 Å². The highest BCUT2D eigenvalue weighted by Crippen LogP contribution is 1.30. The molecule has 0 saturated heterocycles. The van der Waals surface area contributed by atoms with Crippen LogP contribution in [-0.2, 0) is 0 Å². The second kappa shape index (κ2) is 55.0. The minimum Gasteiger partial charge on any atom is -0.397 e. The Kier molecular flexibility index (Phi) is 97.2. The van der Waals surface area contributed by atoms with Crippen molar-refractivity contribution in [3.8, 4) is 0 Å². The topological polar surface area (TPSA) is 20.2 Å². The summed E-state index contributed by atoms with van der Waals surface area (Å²) < 4.78 is 0. The summed E-state index contributed by atoms with van der Waals surface area (Å²) in [5.74, 6) is 0. The summed E-state index contributed by atoms with van der Waals surface area (Å²) in [6.07, 6.45) is 0. The summed E-state index contributed by atoms with van der Waals surface area (Å²) in [6, 6.07) is 0. The van der Waals surface area contributed by atoms with E-state index in [2.05, 4.69) is 13.2 Å². The molecule has 5 heavy (non-hydrogen) atoms. The molecule has 0 spiro atoms. The molecule has 0 aromatic rings. The van der Waals surface area contributed by atoms with Crippen molar-refractivity contribution in [1.82, 2.24) is 0 Å². The van der Waals surface area contributed by atoms with E-state index in [9.17, 15) is 0 Å². The first-order chi connectivity index (χ1) is 2.41. The first kappa shape index (κ1) is 8.83. The van der Waals surface area contributed by atoms with Crippen LogP contribution in [0.5, 0.6) is 0 Å². The molecule has 32 valence electrons. The summed E-state index contributed by atoms with van der Waals surface area (Å²) >= 11 is 0. The number of aliphatic hydroxyl groups is 1. The maximum absolute atomic E-state index is 7.57. The van der Waals surface area contributed by atoms with Gasteiger partial charge in [0, 0.05) is 6.61 Å². The molecule has 0 aromatic carbocycles. The fourth-order valence-electron chi connectivity index (χ4n) is 0. The normalized spacial score (nSPS) is 4.40. The van der Waals surface area contributed by atoms with Crippen molar-refractivity contribution in [3.05, 3.63) is 13.2 Å². The molecule has 1 nitrogen and oxygen atoms in total. The largest absolute Gasteiger partial charge is 0.397 e. The fraction of sp³-hybridized carbons (Fsp3) is 0.500. The summed E-state index contributed by atoms with van der Waals surface area (Å²) in [7, 11) is 0. The van der Waals surface area contributed by atoms with E-state index in [1.54, 1.807) is 6.92 Å². The van der Waals surface area contributed by atoms with Gasteiger partial charge in [0.2, 0.25) is 0 Å². The predicted molar refractivity (Wildman–Crippen MR) is 24.0 cm³/mol. The lowest BCUT2D eigenvalue weighted by Gasteiger charge is -1.52. The molecule has 1 N–H and O–H groups in total. The Morgan fingerprint density at radius 3 is 1.60 bits per heavy atom. The fourth-order valence-corrected chi connectivity index (χ4v) is 0. The lowest BCUT2D eigenvalue weighted by atomic mass is 10.9. The SMILES string of the molecule is C=C.CCO. The first-order valence-corrected chi connectivity index (χ1v) is 1.52. The molecule has 0 fully saturated rings. The number of aliphatic hydroxyl groups excluding tert-OH is 1. The molecule has 0 aliphatic heterocycles. The highest BCUT2D eigenvalue weighted by molar-refractivity contribution is 4.22. The van der Waals surface area contributed by atoms with Gasteiger partial charge in [0.15, 0.2) is 0 Å². The van der Waals surface area contributed by atoms with Crippen molar-refractivity contribution in [2.75, 3.05) is 6.61 Å². The molecule has 0 aliphatic rings. The van der Waals surface area contributed by atoms with Crippen LogP contribution in [0, 0.1) is 0 Å². The van der Waals surface area contributed by atoms with Gasteiger partial charge in [-0.25, -0.2) is 0 Å². The minimum atomic E-state index is 0.250. The van der Waals surface area contributed by atoms with E-state index < -0.39 is 0 Å². The highest BCUT2D eigenvalue weighted by Gasteiger charge is 1.34. The molecule has 0 aromatic heterocycles. The standard InChI is InChI=1S/C2H6O.C2H4/c1-2-3;1-2/h3H,2H2,1H3;1-2H2. The first-order valence-electron chi connectivity index (χ1n) is 1.52. The smallest absolute Gasteiger partial charge is 0.0402 e. The van der Waals surface area contributed by atoms with E-state index in [1.165, 1.54) is 0 Å². The van der Waals surface area contributed by atoms with Gasteiger partial charge < -0.3 is 5.11 Å². The Balaban J connectivity index is 0. The van der Waals surface area contributed by atoms with Gasteiger partial charge in [0.05, 0.1) is 0 Å². The summed E-state index contributed by atoms with van der Waals surface area (Å²) in [4.78, 5) is 0. The Labute approximate surface area is 32.9 Å². The third-order valence-corrected chi connectivity index (χ3v) is 0. The van der Waals surface area contributed by atoms with E-state index >= 15 is 0 Å². The molecular weight excluding hydrogens is 64.0 g/mol. The number of hydrogen-bond donors (Lipinski definition) is 1. The average Bonchev–Trinajstić information content (AvgIpc) is 1.46. The molecule has 0 bridgehead atoms. The van der Waals surface area contributed by atoms with Gasteiger partial charge in [-0.15, -0.1) is 13.2 Å². The van der Waals surface area contributed by atoms with Crippen LogP contribution in [0.1, 0.15) is 6.92 Å². The van der Waals surface area contributed by atoms with Crippen LogP contribution in [0.2, 0.25) is 0 Å². The predicted octanol–water partition coefficient (Wildman–Crippen LogP) is 0.801. The molecule has 0 radical (unpaired) electrons. The molecule has 0 amide bonds. The van der Waals surface area contributed by atoms with Crippen molar-refractivity contribution < 1.29 is 5.11 Å². The average molecular weight is 74.1 g/mol. The zero-order valence-electron chi connectivity index (χ0n) is 3.57. The summed E-state index contributed by atoms with van der Waals surface area (Å²) in [5, 5.41) is 7.57. The minimum absolute atomic E-state index is 0.250. The Bertz CT molecular complexity index is 7.61. The third-order valence-electron chi connectivity index (χ3n) is 0. The number of hydrogen-bond acceptors (Lipinski definition) is 1. The van der Waals surface area contributed by atoms with Crippen molar-refractivity contribution in [2.24, 2.45) is 0 Å². The third kappa shape index (κ3) is 119. The second-order valence-corrected chi connectivity index (χ2v) is 0.316. The van der Waals surface area contributed by atoms with Crippen molar-refractivity contribution in [3.63, 3.8) is 0 Å². The van der Waals surface area contributed by atoms with E-state index in [0.717, 1.165) is 0 Å². The van der Waals surface area contributed by atoms with Gasteiger partial charge in [0.25, 0.3) is 0 Å². The Morgan fingerprint density at radius 2 is 1.60 bits per heavy atom. The van der Waals surface area contributed by atoms with E-state index in [1.807, 2.05) is 0 Å². The quantitative estimate of drug-likeness (QED) is 0.421. The molecule has 0 aliphatic carbocycles. The highest BCUT2D eigenvalue weighted by atomic mass is 16.2. The Morgan fingerprint density at radius 1 is 1.60 bits per heavy atom. The zero-order valence-corrected chi connectivity index (χ0v) is 3.57. The van der Waals surface area contributed by atoms with Gasteiger partial charge in [-0.2, -0.15) is 0 Å². The van der Waals surface area contributed by atoms with Crippen molar-refractivity contribution in [2.45, 2.75) is 6.92 Å². The molecule has 0 heterocycles. The number of rotatable bonds is 0. The van der Waals surface area contributed by atoms with Crippen LogP contribution in [-0.4, -0.2) is 11.7 Å². The van der Waals surface area contributed by atoms with Crippen LogP contribution >= 0.6 is 0 Å². The van der Waals surface area contributed by atoms with Gasteiger partial charge in [-0.1, -0.05) is 0 Å². The van der Waals surface area contributed by atoms with E-state index in [0.29, 0.717) is 0 Å². The summed E-state index contributed by atoms with van der Waals surface area (Å²) in [5.41, 5.74) is 0. The van der Waals surface area contributed by atoms with Crippen LogP contribution in [0.25, 0.3) is 0 Å². The lowest BCUT2D eigenvalue weighted by molar-refractivity contribution is 0.318. The van der Waals surface area contributed by atoms with Gasteiger partial charge in [-0.05, 0) is 6.92 Å². The van der Waals surface area contributed by atoms with E-state index in [-0.39, 0.29) is 6.61 Å². The molecule has 1 heteroatoms. The van der Waals surface area contributed by atoms with Crippen LogP contribution in [0.15, 0.2) is 13.2 Å². The van der Waals surface area contributed by atoms with Crippen molar-refractivity contribution in [1.29, 1.82) is 0 Å². The molecule has 0 saturated carbocycles. The van der Waals surface area contributed by atoms with Gasteiger partial charge in [0.1, 0.15) is 0 Å². The monoisotopic (exact) mass is 74.1 g/mol. The molecule has 0 unspecified atom stereocenters. The zero-order chi connectivity index (χ0) is 4.71. The second-order valence-electron chi connectivity index (χ2n) is 0.316. The molecular formula is C4H10O. The van der Waals surface area contributed by atoms with Crippen molar-refractivity contribution >= 4 is 0 Å². The molecule has 0 atom stereocenters. The Hall–Kier alpha value is -0.300. The van der Waals surface area contributed by atoms with E-state index in [4.69, 9.17) is 5.11 Å². The summed E-state index contributed by atoms with van der Waals surface area (Å²) in [6.45, 7) is 7.93. The van der Waals surface area contributed by atoms with Gasteiger partial charge >= 0.3 is 0 Å². The molecule has 0 rings (SSSR count).